The fraction of sp³-hybridized carbons (Fsp3) is 0.583. The van der Waals surface area contributed by atoms with Gasteiger partial charge in [-0.25, -0.2) is 4.98 Å². The van der Waals surface area contributed by atoms with Crippen LogP contribution in [0.5, 0.6) is 0 Å². The molecule has 0 aliphatic carbocycles. The summed E-state index contributed by atoms with van der Waals surface area (Å²) in [7, 11) is 1.78. The molecule has 0 atom stereocenters. The van der Waals surface area contributed by atoms with Gasteiger partial charge >= 0.3 is 0 Å². The lowest BCUT2D eigenvalue weighted by Crippen LogP contribution is -2.37. The van der Waals surface area contributed by atoms with Crippen molar-refractivity contribution in [1.29, 1.82) is 0 Å². The zero-order valence-electron chi connectivity index (χ0n) is 9.94. The molecule has 0 saturated carbocycles. The Morgan fingerprint density at radius 2 is 2.06 bits per heavy atom. The van der Waals surface area contributed by atoms with Crippen molar-refractivity contribution >= 4 is 11.5 Å². The Labute approximate surface area is 96.4 Å². The molecule has 88 valence electrons. The minimum atomic E-state index is 0.391. The van der Waals surface area contributed by atoms with Crippen LogP contribution in [-0.4, -0.2) is 31.3 Å². The van der Waals surface area contributed by atoms with Crippen molar-refractivity contribution in [3.63, 3.8) is 0 Å². The molecule has 1 aromatic rings. The van der Waals surface area contributed by atoms with Crippen LogP contribution in [0.3, 0.4) is 0 Å². The van der Waals surface area contributed by atoms with E-state index in [9.17, 15) is 0 Å². The van der Waals surface area contributed by atoms with Crippen LogP contribution < -0.4 is 10.6 Å². The van der Waals surface area contributed by atoms with Crippen molar-refractivity contribution < 1.29 is 4.74 Å². The Bertz CT molecular complexity index is 359. The number of hydrogen-bond donors (Lipinski definition) is 1. The molecule has 0 spiro atoms. The lowest BCUT2D eigenvalue weighted by molar-refractivity contribution is 0.0818. The number of aromatic nitrogens is 1. The zero-order chi connectivity index (χ0) is 11.5. The highest BCUT2D eigenvalue weighted by Gasteiger charge is 2.20. The molecule has 1 aliphatic rings. The van der Waals surface area contributed by atoms with E-state index in [0.29, 0.717) is 6.10 Å². The van der Waals surface area contributed by atoms with Crippen LogP contribution in [0.2, 0.25) is 0 Å². The molecule has 1 saturated heterocycles. The van der Waals surface area contributed by atoms with Gasteiger partial charge in [0.1, 0.15) is 0 Å². The summed E-state index contributed by atoms with van der Waals surface area (Å²) in [6.45, 7) is 3.93. The van der Waals surface area contributed by atoms with Gasteiger partial charge in [-0.3, -0.25) is 0 Å². The van der Waals surface area contributed by atoms with Crippen molar-refractivity contribution in [2.24, 2.45) is 0 Å². The number of anilines is 2. The summed E-state index contributed by atoms with van der Waals surface area (Å²) in [5.41, 5.74) is 7.73. The third-order valence-electron chi connectivity index (χ3n) is 3.12. The highest BCUT2D eigenvalue weighted by molar-refractivity contribution is 5.63. The molecular weight excluding hydrogens is 202 g/mol. The van der Waals surface area contributed by atoms with E-state index in [2.05, 4.69) is 9.88 Å². The molecule has 0 radical (unpaired) electrons. The molecule has 4 heteroatoms. The monoisotopic (exact) mass is 221 g/mol. The minimum Gasteiger partial charge on any atom is -0.396 e. The fourth-order valence-corrected chi connectivity index (χ4v) is 2.11. The zero-order valence-corrected chi connectivity index (χ0v) is 9.94. The first-order valence-corrected chi connectivity index (χ1v) is 5.71. The van der Waals surface area contributed by atoms with Crippen molar-refractivity contribution in [3.8, 4) is 0 Å². The first-order valence-electron chi connectivity index (χ1n) is 5.71. The number of hydrogen-bond acceptors (Lipinski definition) is 4. The van der Waals surface area contributed by atoms with Crippen LogP contribution in [0.25, 0.3) is 0 Å². The molecule has 1 fully saturated rings. The first kappa shape index (κ1) is 11.2. The lowest BCUT2D eigenvalue weighted by Gasteiger charge is -2.32. The number of nitrogen functional groups attached to an aromatic ring is 1. The molecule has 0 unspecified atom stereocenters. The molecule has 1 aliphatic heterocycles. The molecule has 16 heavy (non-hydrogen) atoms. The van der Waals surface area contributed by atoms with Gasteiger partial charge in [0.25, 0.3) is 0 Å². The van der Waals surface area contributed by atoms with Crippen molar-refractivity contribution in [1.82, 2.24) is 4.98 Å². The van der Waals surface area contributed by atoms with Crippen LogP contribution in [0, 0.1) is 6.92 Å². The van der Waals surface area contributed by atoms with Gasteiger partial charge in [0.05, 0.1) is 11.8 Å². The van der Waals surface area contributed by atoms with E-state index in [1.165, 1.54) is 0 Å². The summed E-state index contributed by atoms with van der Waals surface area (Å²) in [5, 5.41) is 0. The van der Waals surface area contributed by atoms with E-state index in [0.717, 1.165) is 43.1 Å². The predicted octanol–water partition coefficient (Wildman–Crippen LogP) is 1.59. The molecule has 2 N–H and O–H groups in total. The largest absolute Gasteiger partial charge is 0.396 e. The standard InChI is InChI=1S/C12H19N3O/c1-9-3-4-11(13)12(14-9)15-7-5-10(16-2)6-8-15/h3-4,10H,5-8,13H2,1-2H3. The van der Waals surface area contributed by atoms with Gasteiger partial charge in [-0.2, -0.15) is 0 Å². The Morgan fingerprint density at radius 3 is 2.69 bits per heavy atom. The number of rotatable bonds is 2. The Hall–Kier alpha value is -1.29. The maximum absolute atomic E-state index is 5.95. The van der Waals surface area contributed by atoms with Crippen LogP contribution >= 0.6 is 0 Å². The van der Waals surface area contributed by atoms with Gasteiger partial charge in [-0.1, -0.05) is 0 Å². The smallest absolute Gasteiger partial charge is 0.152 e. The normalized spacial score (nSPS) is 17.8. The highest BCUT2D eigenvalue weighted by Crippen LogP contribution is 2.24. The average Bonchev–Trinajstić information content (AvgIpc) is 2.32. The van der Waals surface area contributed by atoms with Gasteiger partial charge in [0.15, 0.2) is 5.82 Å². The Kier molecular flexibility index (Phi) is 3.29. The topological polar surface area (TPSA) is 51.4 Å². The molecule has 2 heterocycles. The summed E-state index contributed by atoms with van der Waals surface area (Å²) >= 11 is 0. The van der Waals surface area contributed by atoms with Crippen LogP contribution in [0.15, 0.2) is 12.1 Å². The molecule has 0 amide bonds. The van der Waals surface area contributed by atoms with E-state index in [1.807, 2.05) is 19.1 Å². The molecule has 0 aromatic carbocycles. The summed E-state index contributed by atoms with van der Waals surface area (Å²) < 4.78 is 5.35. The number of nitrogens with two attached hydrogens (primary N) is 1. The number of pyridine rings is 1. The third kappa shape index (κ3) is 2.27. The Morgan fingerprint density at radius 1 is 1.38 bits per heavy atom. The molecule has 2 rings (SSSR count). The number of piperidine rings is 1. The van der Waals surface area contributed by atoms with Crippen LogP contribution in [0.1, 0.15) is 18.5 Å². The first-order chi connectivity index (χ1) is 7.70. The van der Waals surface area contributed by atoms with Crippen LogP contribution in [0.4, 0.5) is 11.5 Å². The van der Waals surface area contributed by atoms with Crippen molar-refractivity contribution in [3.05, 3.63) is 17.8 Å². The average molecular weight is 221 g/mol. The molecular formula is C12H19N3O. The molecule has 1 aromatic heterocycles. The SMILES string of the molecule is COC1CCN(c2nc(C)ccc2N)CC1. The summed E-state index contributed by atoms with van der Waals surface area (Å²) in [6.07, 6.45) is 2.49. The van der Waals surface area contributed by atoms with Crippen molar-refractivity contribution in [2.75, 3.05) is 30.8 Å². The van der Waals surface area contributed by atoms with Crippen LogP contribution in [-0.2, 0) is 4.74 Å². The maximum atomic E-state index is 5.95. The van der Waals surface area contributed by atoms with Gasteiger partial charge < -0.3 is 15.4 Å². The number of methoxy groups -OCH3 is 1. The van der Waals surface area contributed by atoms with Gasteiger partial charge in [-0.15, -0.1) is 0 Å². The van der Waals surface area contributed by atoms with Gasteiger partial charge in [0.2, 0.25) is 0 Å². The lowest BCUT2D eigenvalue weighted by atomic mass is 10.1. The number of ether oxygens (including phenoxy) is 1. The fourth-order valence-electron chi connectivity index (χ4n) is 2.11. The second-order valence-electron chi connectivity index (χ2n) is 4.29. The predicted molar refractivity (Wildman–Crippen MR) is 65.6 cm³/mol. The number of nitrogens with zero attached hydrogens (tertiary/aromatic N) is 2. The second kappa shape index (κ2) is 4.70. The Balaban J connectivity index is 2.10. The minimum absolute atomic E-state index is 0.391. The summed E-state index contributed by atoms with van der Waals surface area (Å²) in [6, 6.07) is 3.88. The van der Waals surface area contributed by atoms with E-state index in [-0.39, 0.29) is 0 Å². The highest BCUT2D eigenvalue weighted by atomic mass is 16.5. The summed E-state index contributed by atoms with van der Waals surface area (Å²) in [4.78, 5) is 6.76. The van der Waals surface area contributed by atoms with E-state index in [4.69, 9.17) is 10.5 Å². The van der Waals surface area contributed by atoms with E-state index in [1.54, 1.807) is 7.11 Å². The maximum Gasteiger partial charge on any atom is 0.152 e. The van der Waals surface area contributed by atoms with E-state index >= 15 is 0 Å². The van der Waals surface area contributed by atoms with E-state index < -0.39 is 0 Å². The van der Waals surface area contributed by atoms with Gasteiger partial charge in [-0.05, 0) is 31.9 Å². The molecule has 4 nitrogen and oxygen atoms in total. The second-order valence-corrected chi connectivity index (χ2v) is 4.29. The summed E-state index contributed by atoms with van der Waals surface area (Å²) in [5.74, 6) is 0.926. The quantitative estimate of drug-likeness (QED) is 0.824. The number of aryl methyl sites for hydroxylation is 1. The van der Waals surface area contributed by atoms with Crippen molar-refractivity contribution in [2.45, 2.75) is 25.9 Å². The third-order valence-corrected chi connectivity index (χ3v) is 3.12. The molecule has 0 bridgehead atoms. The van der Waals surface area contributed by atoms with Gasteiger partial charge in [0, 0.05) is 25.9 Å².